The first kappa shape index (κ1) is 12.6. The molecule has 0 bridgehead atoms. The van der Waals surface area contributed by atoms with Crippen LogP contribution in [0, 0.1) is 5.82 Å². The molecule has 0 spiro atoms. The van der Waals surface area contributed by atoms with E-state index in [0.29, 0.717) is 0 Å². The Bertz CT molecular complexity index is 517. The van der Waals surface area contributed by atoms with Crippen LogP contribution >= 0.6 is 0 Å². The number of benzene rings is 2. The van der Waals surface area contributed by atoms with Crippen molar-refractivity contribution in [1.29, 1.82) is 0 Å². The molecule has 92 valence electrons. The van der Waals surface area contributed by atoms with Gasteiger partial charge in [-0.1, -0.05) is 30.3 Å². The molecule has 2 N–H and O–H groups in total. The Morgan fingerprint density at radius 3 is 2.44 bits per heavy atom. The Morgan fingerprint density at radius 2 is 1.78 bits per heavy atom. The zero-order valence-corrected chi connectivity index (χ0v) is 9.58. The number of hydrogen-bond donors (Lipinski definition) is 2. The van der Waals surface area contributed by atoms with Gasteiger partial charge < -0.3 is 14.8 Å². The minimum atomic E-state index is -1.76. The summed E-state index contributed by atoms with van der Waals surface area (Å²) in [5.74, 6) is -0.277. The van der Waals surface area contributed by atoms with Crippen molar-refractivity contribution >= 4 is 12.6 Å². The minimum absolute atomic E-state index is 0.0194. The summed E-state index contributed by atoms with van der Waals surface area (Å²) >= 11 is 0. The number of rotatable bonds is 4. The highest BCUT2D eigenvalue weighted by atomic mass is 19.1. The number of halogens is 1. The fourth-order valence-corrected chi connectivity index (χ4v) is 1.59. The summed E-state index contributed by atoms with van der Waals surface area (Å²) in [5, 5.41) is 18.3. The lowest BCUT2D eigenvalue weighted by Crippen LogP contribution is -2.31. The van der Waals surface area contributed by atoms with Gasteiger partial charge in [-0.2, -0.15) is 0 Å². The number of hydrogen-bond acceptors (Lipinski definition) is 3. The van der Waals surface area contributed by atoms with Crippen LogP contribution in [0.1, 0.15) is 5.56 Å². The summed E-state index contributed by atoms with van der Waals surface area (Å²) in [6.07, 6.45) is 0. The maximum atomic E-state index is 13.0. The molecule has 0 radical (unpaired) electrons. The van der Waals surface area contributed by atoms with Gasteiger partial charge in [-0.05, 0) is 23.8 Å². The van der Waals surface area contributed by atoms with Gasteiger partial charge in [0.05, 0.1) is 0 Å². The largest absolute Gasteiger partial charge is 0.492 e. The summed E-state index contributed by atoms with van der Waals surface area (Å²) in [7, 11) is -1.76. The summed E-state index contributed by atoms with van der Waals surface area (Å²) < 4.78 is 18.4. The second-order valence-electron chi connectivity index (χ2n) is 3.83. The van der Waals surface area contributed by atoms with Crippen molar-refractivity contribution in [2.45, 2.75) is 6.61 Å². The van der Waals surface area contributed by atoms with Gasteiger partial charge in [0.2, 0.25) is 0 Å². The van der Waals surface area contributed by atoms with E-state index in [9.17, 15) is 4.39 Å². The summed E-state index contributed by atoms with van der Waals surface area (Å²) in [5.41, 5.74) is 0.964. The van der Waals surface area contributed by atoms with Crippen LogP contribution in [0.4, 0.5) is 4.39 Å². The van der Waals surface area contributed by atoms with Gasteiger partial charge in [0.1, 0.15) is 18.2 Å². The Balaban J connectivity index is 2.14. The van der Waals surface area contributed by atoms with E-state index in [2.05, 4.69) is 0 Å². The van der Waals surface area contributed by atoms with Crippen molar-refractivity contribution in [3.63, 3.8) is 0 Å². The average molecular weight is 246 g/mol. The molecule has 0 heterocycles. The van der Waals surface area contributed by atoms with Crippen molar-refractivity contribution in [1.82, 2.24) is 0 Å². The second-order valence-corrected chi connectivity index (χ2v) is 3.83. The molecule has 3 nitrogen and oxygen atoms in total. The zero-order chi connectivity index (χ0) is 13.0. The Hall–Kier alpha value is -1.85. The van der Waals surface area contributed by atoms with Crippen LogP contribution in [-0.2, 0) is 6.61 Å². The predicted molar refractivity (Wildman–Crippen MR) is 67.0 cm³/mol. The SMILES string of the molecule is OB(O)c1cc(F)ccc1OCc1ccccc1. The Kier molecular flexibility index (Phi) is 3.97. The summed E-state index contributed by atoms with van der Waals surface area (Å²) in [4.78, 5) is 0. The molecule has 18 heavy (non-hydrogen) atoms. The highest BCUT2D eigenvalue weighted by Crippen LogP contribution is 2.12. The van der Waals surface area contributed by atoms with Gasteiger partial charge in [-0.3, -0.25) is 0 Å². The van der Waals surface area contributed by atoms with E-state index in [4.69, 9.17) is 14.8 Å². The van der Waals surface area contributed by atoms with E-state index in [1.54, 1.807) is 0 Å². The summed E-state index contributed by atoms with van der Waals surface area (Å²) in [6, 6.07) is 13.1. The molecule has 0 aliphatic rings. The van der Waals surface area contributed by atoms with Crippen molar-refractivity contribution in [3.8, 4) is 5.75 Å². The van der Waals surface area contributed by atoms with Gasteiger partial charge >= 0.3 is 7.12 Å². The molecule has 0 saturated heterocycles. The molecular formula is C13H12BFO3. The standard InChI is InChI=1S/C13H12BFO3/c15-11-6-7-13(12(8-11)14(16)17)18-9-10-4-2-1-3-5-10/h1-8,16-17H,9H2. The van der Waals surface area contributed by atoms with Crippen molar-refractivity contribution < 1.29 is 19.2 Å². The molecule has 0 amide bonds. The Morgan fingerprint density at radius 1 is 1.06 bits per heavy atom. The van der Waals surface area contributed by atoms with E-state index in [-0.39, 0.29) is 17.8 Å². The van der Waals surface area contributed by atoms with Gasteiger partial charge in [0.25, 0.3) is 0 Å². The van der Waals surface area contributed by atoms with E-state index in [0.717, 1.165) is 11.6 Å². The monoisotopic (exact) mass is 246 g/mol. The van der Waals surface area contributed by atoms with E-state index in [1.165, 1.54) is 12.1 Å². The highest BCUT2D eigenvalue weighted by molar-refractivity contribution is 6.59. The molecule has 0 saturated carbocycles. The van der Waals surface area contributed by atoms with Gasteiger partial charge in [0, 0.05) is 5.46 Å². The molecule has 0 atom stereocenters. The Labute approximate surface area is 105 Å². The van der Waals surface area contributed by atoms with E-state index in [1.807, 2.05) is 30.3 Å². The van der Waals surface area contributed by atoms with Gasteiger partial charge in [0.15, 0.2) is 0 Å². The lowest BCUT2D eigenvalue weighted by atomic mass is 9.79. The van der Waals surface area contributed by atoms with Crippen LogP contribution in [0.3, 0.4) is 0 Å². The van der Waals surface area contributed by atoms with Gasteiger partial charge in [-0.15, -0.1) is 0 Å². The molecule has 0 fully saturated rings. The maximum Gasteiger partial charge on any atom is 0.492 e. The molecule has 2 aromatic rings. The van der Waals surface area contributed by atoms with Crippen molar-refractivity contribution in [3.05, 3.63) is 59.9 Å². The normalized spacial score (nSPS) is 10.2. The predicted octanol–water partition coefficient (Wildman–Crippen LogP) is 1.08. The molecule has 0 aromatic heterocycles. The van der Waals surface area contributed by atoms with E-state index >= 15 is 0 Å². The van der Waals surface area contributed by atoms with Gasteiger partial charge in [-0.25, -0.2) is 4.39 Å². The first-order chi connectivity index (χ1) is 8.66. The third kappa shape index (κ3) is 3.09. The molecule has 0 aliphatic carbocycles. The third-order valence-electron chi connectivity index (χ3n) is 2.49. The smallest absolute Gasteiger partial charge is 0.489 e. The molecule has 0 aliphatic heterocycles. The fourth-order valence-electron chi connectivity index (χ4n) is 1.59. The van der Waals surface area contributed by atoms with Crippen molar-refractivity contribution in [2.75, 3.05) is 0 Å². The minimum Gasteiger partial charge on any atom is -0.489 e. The lowest BCUT2D eigenvalue weighted by Gasteiger charge is -2.11. The molecule has 2 rings (SSSR count). The van der Waals surface area contributed by atoms with Crippen LogP contribution in [0.15, 0.2) is 48.5 Å². The van der Waals surface area contributed by atoms with Crippen LogP contribution in [-0.4, -0.2) is 17.2 Å². The second kappa shape index (κ2) is 5.66. The summed E-state index contributed by atoms with van der Waals surface area (Å²) in [6.45, 7) is 0.284. The maximum absolute atomic E-state index is 13.0. The highest BCUT2D eigenvalue weighted by Gasteiger charge is 2.18. The molecular weight excluding hydrogens is 234 g/mol. The lowest BCUT2D eigenvalue weighted by molar-refractivity contribution is 0.306. The average Bonchev–Trinajstić information content (AvgIpc) is 2.38. The van der Waals surface area contributed by atoms with Crippen LogP contribution in [0.25, 0.3) is 0 Å². The zero-order valence-electron chi connectivity index (χ0n) is 9.58. The van der Waals surface area contributed by atoms with Crippen LogP contribution in [0.5, 0.6) is 5.75 Å². The fraction of sp³-hybridized carbons (Fsp3) is 0.0769. The first-order valence-corrected chi connectivity index (χ1v) is 5.49. The molecule has 5 heteroatoms. The molecule has 2 aromatic carbocycles. The first-order valence-electron chi connectivity index (χ1n) is 5.49. The third-order valence-corrected chi connectivity index (χ3v) is 2.49. The number of ether oxygens (including phenoxy) is 1. The van der Waals surface area contributed by atoms with Crippen LogP contribution in [0.2, 0.25) is 0 Å². The quantitative estimate of drug-likeness (QED) is 0.794. The topological polar surface area (TPSA) is 49.7 Å². The molecule has 0 unspecified atom stereocenters. The van der Waals surface area contributed by atoms with Crippen LogP contribution < -0.4 is 10.2 Å². The van der Waals surface area contributed by atoms with E-state index < -0.39 is 12.9 Å². The van der Waals surface area contributed by atoms with Crippen molar-refractivity contribution in [2.24, 2.45) is 0 Å².